The van der Waals surface area contributed by atoms with Gasteiger partial charge >= 0.3 is 0 Å². The first kappa shape index (κ1) is 17.0. The second-order valence-corrected chi connectivity index (χ2v) is 6.49. The number of nitrogens with two attached hydrogens (primary N) is 1. The topological polar surface area (TPSA) is 35.2 Å². The second kappa shape index (κ2) is 6.04. The Labute approximate surface area is 139 Å². The molecule has 0 bridgehead atoms. The van der Waals surface area contributed by atoms with Gasteiger partial charge in [0.2, 0.25) is 0 Å². The fourth-order valence-corrected chi connectivity index (χ4v) is 3.86. The third-order valence-electron chi connectivity index (χ3n) is 5.21. The maximum Gasteiger partial charge on any atom is 0.0726 e. The minimum absolute atomic E-state index is 0. The van der Waals surface area contributed by atoms with Crippen molar-refractivity contribution < 1.29 is 4.74 Å². The maximum absolute atomic E-state index is 7.03. The van der Waals surface area contributed by atoms with Crippen LogP contribution in [0.1, 0.15) is 36.5 Å². The molecule has 0 amide bonds. The number of ether oxygens (including phenoxy) is 1. The minimum Gasteiger partial charge on any atom is -0.384 e. The van der Waals surface area contributed by atoms with Gasteiger partial charge in [0.15, 0.2) is 0 Å². The summed E-state index contributed by atoms with van der Waals surface area (Å²) >= 11 is 0. The molecule has 3 rings (SSSR count). The van der Waals surface area contributed by atoms with Gasteiger partial charge in [0.05, 0.1) is 12.1 Å². The maximum atomic E-state index is 7.03. The van der Waals surface area contributed by atoms with Gasteiger partial charge in [-0.2, -0.15) is 0 Å². The summed E-state index contributed by atoms with van der Waals surface area (Å²) in [4.78, 5) is 0. The van der Waals surface area contributed by atoms with Gasteiger partial charge < -0.3 is 10.5 Å². The molecule has 0 spiro atoms. The molecule has 0 unspecified atom stereocenters. The highest BCUT2D eigenvalue weighted by atomic mass is 35.5. The molecule has 0 aromatic heterocycles. The quantitative estimate of drug-likeness (QED) is 0.925. The summed E-state index contributed by atoms with van der Waals surface area (Å²) in [5.41, 5.74) is 10.1. The average molecular weight is 318 g/mol. The Morgan fingerprint density at radius 2 is 1.59 bits per heavy atom. The summed E-state index contributed by atoms with van der Waals surface area (Å²) in [6.07, 6.45) is 0. The molecule has 0 radical (unpaired) electrons. The molecule has 0 fully saturated rings. The lowest BCUT2D eigenvalue weighted by atomic mass is 9.66. The molecule has 3 heteroatoms. The van der Waals surface area contributed by atoms with E-state index in [9.17, 15) is 0 Å². The Hall–Kier alpha value is -1.35. The molecular formula is C19H24ClNO. The first-order chi connectivity index (χ1) is 10.0. The summed E-state index contributed by atoms with van der Waals surface area (Å²) in [5.74, 6) is 0.295. The van der Waals surface area contributed by atoms with Crippen molar-refractivity contribution in [3.05, 3.63) is 71.3 Å². The van der Waals surface area contributed by atoms with E-state index in [0.29, 0.717) is 12.5 Å². The smallest absolute Gasteiger partial charge is 0.0726 e. The molecule has 2 nitrogen and oxygen atoms in total. The summed E-state index contributed by atoms with van der Waals surface area (Å²) in [5, 5.41) is 0. The lowest BCUT2D eigenvalue weighted by Crippen LogP contribution is -2.49. The van der Waals surface area contributed by atoms with Crippen molar-refractivity contribution in [2.45, 2.75) is 25.3 Å². The van der Waals surface area contributed by atoms with Gasteiger partial charge in [0.1, 0.15) is 0 Å². The van der Waals surface area contributed by atoms with Crippen LogP contribution in [0.5, 0.6) is 0 Å². The molecule has 2 N–H and O–H groups in total. The van der Waals surface area contributed by atoms with Crippen molar-refractivity contribution >= 4 is 12.4 Å². The van der Waals surface area contributed by atoms with E-state index in [0.717, 1.165) is 0 Å². The third-order valence-corrected chi connectivity index (χ3v) is 5.21. The molecule has 22 heavy (non-hydrogen) atoms. The fourth-order valence-electron chi connectivity index (χ4n) is 3.86. The van der Waals surface area contributed by atoms with Crippen LogP contribution in [0.4, 0.5) is 0 Å². The first-order valence-electron chi connectivity index (χ1n) is 7.46. The van der Waals surface area contributed by atoms with Crippen LogP contribution in [-0.2, 0) is 10.3 Å². The normalized spacial score (nSPS) is 25.4. The van der Waals surface area contributed by atoms with Gasteiger partial charge in [-0.05, 0) is 16.7 Å². The predicted octanol–water partition coefficient (Wildman–Crippen LogP) is 4.08. The number of methoxy groups -OCH3 is 1. The van der Waals surface area contributed by atoms with Crippen LogP contribution in [0.15, 0.2) is 54.6 Å². The Morgan fingerprint density at radius 1 is 1.00 bits per heavy atom. The number of rotatable bonds is 3. The van der Waals surface area contributed by atoms with Crippen molar-refractivity contribution in [2.75, 3.05) is 13.7 Å². The highest BCUT2D eigenvalue weighted by molar-refractivity contribution is 5.85. The standard InChI is InChI=1S/C19H23NO.ClH/c1-18(2)17(13-21-3)15-11-7-8-12-16(15)19(18,20)14-9-5-4-6-10-14;/h4-12,17H,13,20H2,1-3H3;1H/t17-,19-;/m1./s1. The van der Waals surface area contributed by atoms with E-state index in [4.69, 9.17) is 10.5 Å². The molecule has 0 saturated heterocycles. The molecule has 0 saturated carbocycles. The van der Waals surface area contributed by atoms with E-state index >= 15 is 0 Å². The van der Waals surface area contributed by atoms with Gasteiger partial charge in [-0.25, -0.2) is 0 Å². The molecular weight excluding hydrogens is 294 g/mol. The van der Waals surface area contributed by atoms with Crippen LogP contribution in [0.3, 0.4) is 0 Å². The van der Waals surface area contributed by atoms with Gasteiger partial charge in [-0.1, -0.05) is 68.4 Å². The minimum atomic E-state index is -0.492. The van der Waals surface area contributed by atoms with E-state index in [1.54, 1.807) is 7.11 Å². The molecule has 118 valence electrons. The fraction of sp³-hybridized carbons (Fsp3) is 0.368. The van der Waals surface area contributed by atoms with Crippen molar-refractivity contribution in [3.8, 4) is 0 Å². The molecule has 2 atom stereocenters. The van der Waals surface area contributed by atoms with E-state index in [-0.39, 0.29) is 17.8 Å². The molecule has 0 aliphatic heterocycles. The molecule has 0 heterocycles. The van der Waals surface area contributed by atoms with E-state index in [1.807, 2.05) is 6.07 Å². The van der Waals surface area contributed by atoms with Gasteiger partial charge in [0, 0.05) is 18.4 Å². The molecule has 2 aromatic rings. The Bertz CT molecular complexity index is 641. The number of benzene rings is 2. The van der Waals surface area contributed by atoms with Crippen LogP contribution >= 0.6 is 12.4 Å². The predicted molar refractivity (Wildman–Crippen MR) is 93.5 cm³/mol. The number of fused-ring (bicyclic) bond motifs is 1. The highest BCUT2D eigenvalue weighted by Crippen LogP contribution is 2.58. The van der Waals surface area contributed by atoms with Crippen LogP contribution in [-0.4, -0.2) is 13.7 Å². The van der Waals surface area contributed by atoms with Gasteiger partial charge in [-0.15, -0.1) is 12.4 Å². The van der Waals surface area contributed by atoms with Crippen LogP contribution < -0.4 is 5.73 Å². The van der Waals surface area contributed by atoms with E-state index < -0.39 is 5.54 Å². The summed E-state index contributed by atoms with van der Waals surface area (Å²) in [6.45, 7) is 5.20. The molecule has 1 aliphatic rings. The van der Waals surface area contributed by atoms with Crippen LogP contribution in [0.2, 0.25) is 0 Å². The van der Waals surface area contributed by atoms with Crippen molar-refractivity contribution in [1.29, 1.82) is 0 Å². The number of hydrogen-bond donors (Lipinski definition) is 1. The Kier molecular flexibility index (Phi) is 4.67. The number of hydrogen-bond acceptors (Lipinski definition) is 2. The highest BCUT2D eigenvalue weighted by Gasteiger charge is 2.56. The average Bonchev–Trinajstić information content (AvgIpc) is 2.68. The summed E-state index contributed by atoms with van der Waals surface area (Å²) in [6, 6.07) is 19.0. The largest absolute Gasteiger partial charge is 0.384 e. The first-order valence-corrected chi connectivity index (χ1v) is 7.46. The molecule has 1 aliphatic carbocycles. The lowest BCUT2D eigenvalue weighted by Gasteiger charge is -2.42. The van der Waals surface area contributed by atoms with Crippen molar-refractivity contribution in [2.24, 2.45) is 11.1 Å². The third kappa shape index (κ3) is 2.18. The zero-order chi connectivity index (χ0) is 15.1. The zero-order valence-corrected chi connectivity index (χ0v) is 14.2. The van der Waals surface area contributed by atoms with Crippen molar-refractivity contribution in [1.82, 2.24) is 0 Å². The lowest BCUT2D eigenvalue weighted by molar-refractivity contribution is 0.0998. The Balaban J connectivity index is 0.00000176. The summed E-state index contributed by atoms with van der Waals surface area (Å²) < 4.78 is 5.49. The van der Waals surface area contributed by atoms with E-state index in [2.05, 4.69) is 62.4 Å². The van der Waals surface area contributed by atoms with E-state index in [1.165, 1.54) is 16.7 Å². The van der Waals surface area contributed by atoms with Crippen LogP contribution in [0.25, 0.3) is 0 Å². The van der Waals surface area contributed by atoms with Crippen molar-refractivity contribution in [3.63, 3.8) is 0 Å². The van der Waals surface area contributed by atoms with Crippen LogP contribution in [0, 0.1) is 5.41 Å². The molecule has 2 aromatic carbocycles. The zero-order valence-electron chi connectivity index (χ0n) is 13.4. The summed E-state index contributed by atoms with van der Waals surface area (Å²) in [7, 11) is 1.76. The number of halogens is 1. The van der Waals surface area contributed by atoms with Gasteiger partial charge in [-0.3, -0.25) is 0 Å². The Morgan fingerprint density at radius 3 is 2.23 bits per heavy atom. The van der Waals surface area contributed by atoms with Gasteiger partial charge in [0.25, 0.3) is 0 Å². The second-order valence-electron chi connectivity index (χ2n) is 6.49. The monoisotopic (exact) mass is 317 g/mol. The SMILES string of the molecule is COC[C@@H]1c2ccccc2[C@](N)(c2ccccc2)C1(C)C.Cl.